The van der Waals surface area contributed by atoms with Gasteiger partial charge in [-0.05, 0) is 88.4 Å². The molecule has 5 aromatic rings. The molecule has 0 radical (unpaired) electrons. The maximum atomic E-state index is 15.7. The minimum atomic E-state index is -3.84. The number of piperidine rings is 1. The van der Waals surface area contributed by atoms with Crippen LogP contribution in [0, 0.1) is 28.4 Å². The molecule has 4 saturated heterocycles. The van der Waals surface area contributed by atoms with Gasteiger partial charge in [0.2, 0.25) is 15.9 Å². The highest BCUT2D eigenvalue weighted by molar-refractivity contribution is 7.93. The van der Waals surface area contributed by atoms with Crippen LogP contribution in [0.5, 0.6) is 11.5 Å². The number of sulfonamides is 1. The molecule has 1 saturated carbocycles. The standard InChI is InChI=1S/C44H46F2N10O7S/c1-25(2)64(60,61)51-35-7-5-32(45)39(31(35)20-47)63-28-4-6-34-29(14-28)41(58)56(24-48-34)27-19-44(62-21-27)9-12-53(13-10-44)26-17-43(18-26)22-54(23-43)37-16-36-30(15-33(37)46)40(50-52(36)3)55-11-8-38(57)49-42(55)59/h4-7,14-16,24-27,51H,8-13,17-19,21-23H2,1-3H3,(H,49,57,59)/t27-/m1/s1. The van der Waals surface area contributed by atoms with Gasteiger partial charge in [0.05, 0.1) is 57.6 Å². The Morgan fingerprint density at radius 1 is 0.984 bits per heavy atom. The molecule has 20 heteroatoms. The van der Waals surface area contributed by atoms with Gasteiger partial charge in [0, 0.05) is 63.0 Å². The van der Waals surface area contributed by atoms with Gasteiger partial charge in [-0.1, -0.05) is 0 Å². The highest BCUT2D eigenvalue weighted by Gasteiger charge is 2.55. The van der Waals surface area contributed by atoms with Crippen LogP contribution in [0.3, 0.4) is 0 Å². The molecule has 334 valence electrons. The van der Waals surface area contributed by atoms with Crippen molar-refractivity contribution < 1.29 is 36.3 Å². The Balaban J connectivity index is 0.759. The Bertz CT molecular complexity index is 2980. The molecule has 2 aromatic heterocycles. The number of hydrogen-bond acceptors (Lipinski definition) is 12. The minimum absolute atomic E-state index is 0.0706. The van der Waals surface area contributed by atoms with Gasteiger partial charge >= 0.3 is 6.03 Å². The number of imide groups is 1. The van der Waals surface area contributed by atoms with E-state index in [-0.39, 0.29) is 69.7 Å². The van der Waals surface area contributed by atoms with E-state index in [1.165, 1.54) is 43.3 Å². The Morgan fingerprint density at radius 2 is 1.75 bits per heavy atom. The molecule has 3 amide bonds. The Hall–Kier alpha value is -6.17. The number of halogens is 2. The van der Waals surface area contributed by atoms with E-state index in [2.05, 4.69) is 29.9 Å². The van der Waals surface area contributed by atoms with E-state index >= 15 is 8.78 Å². The lowest BCUT2D eigenvalue weighted by molar-refractivity contribution is -0.120. The van der Waals surface area contributed by atoms with Gasteiger partial charge in [0.15, 0.2) is 17.4 Å². The van der Waals surface area contributed by atoms with Crippen LogP contribution in [-0.2, 0) is 26.6 Å². The van der Waals surface area contributed by atoms with E-state index in [9.17, 15) is 28.1 Å². The molecule has 1 aliphatic carbocycles. The van der Waals surface area contributed by atoms with Crippen molar-refractivity contribution in [3.63, 3.8) is 0 Å². The fraction of sp³-hybridized carbons (Fsp3) is 0.455. The van der Waals surface area contributed by atoms with Crippen molar-refractivity contribution in [2.45, 2.75) is 75.3 Å². The third-order valence-corrected chi connectivity index (χ3v) is 15.6. The van der Waals surface area contributed by atoms with Crippen LogP contribution in [0.25, 0.3) is 21.8 Å². The van der Waals surface area contributed by atoms with Crippen LogP contribution in [0.4, 0.5) is 30.8 Å². The number of carbonyl (C=O) groups excluding carboxylic acids is 2. The zero-order valence-corrected chi connectivity index (χ0v) is 36.3. The number of rotatable bonds is 9. The zero-order valence-electron chi connectivity index (χ0n) is 35.4. The first-order chi connectivity index (χ1) is 30.5. The van der Waals surface area contributed by atoms with E-state index in [1.54, 1.807) is 28.4 Å². The number of fused-ring (bicyclic) bond motifs is 2. The van der Waals surface area contributed by atoms with Crippen LogP contribution in [0.1, 0.15) is 64.0 Å². The average Bonchev–Trinajstić information content (AvgIpc) is 3.78. The molecule has 0 bridgehead atoms. The van der Waals surface area contributed by atoms with Crippen LogP contribution < -0.4 is 30.1 Å². The number of nitriles is 1. The summed E-state index contributed by atoms with van der Waals surface area (Å²) in [6.07, 6.45) is 6.01. The normalized spacial score (nSPS) is 21.1. The van der Waals surface area contributed by atoms with Crippen molar-refractivity contribution in [1.29, 1.82) is 5.26 Å². The van der Waals surface area contributed by atoms with Crippen LogP contribution in [0.15, 0.2) is 53.6 Å². The van der Waals surface area contributed by atoms with Crippen molar-refractivity contribution in [2.75, 3.05) is 53.9 Å². The first kappa shape index (κ1) is 41.8. The van der Waals surface area contributed by atoms with E-state index in [0.29, 0.717) is 47.0 Å². The topological polar surface area (TPSA) is 197 Å². The summed E-state index contributed by atoms with van der Waals surface area (Å²) in [5.41, 5.74) is 0.593. The fourth-order valence-corrected chi connectivity index (χ4v) is 10.9. The smallest absolute Gasteiger partial charge is 0.329 e. The first-order valence-corrected chi connectivity index (χ1v) is 22.9. The Morgan fingerprint density at radius 3 is 2.47 bits per heavy atom. The van der Waals surface area contributed by atoms with Crippen LogP contribution >= 0.6 is 0 Å². The summed E-state index contributed by atoms with van der Waals surface area (Å²) in [7, 11) is -2.08. The molecular formula is C44H46F2N10O7S. The molecule has 5 aliphatic rings. The Labute approximate surface area is 366 Å². The molecule has 64 heavy (non-hydrogen) atoms. The summed E-state index contributed by atoms with van der Waals surface area (Å²) in [5, 5.41) is 16.6. The number of aryl methyl sites for hydroxylation is 1. The van der Waals surface area contributed by atoms with Crippen molar-refractivity contribution in [3.8, 4) is 17.6 Å². The summed E-state index contributed by atoms with van der Waals surface area (Å²) in [6, 6.07) is 11.4. The number of urea groups is 1. The molecule has 17 nitrogen and oxygen atoms in total. The molecule has 0 unspecified atom stereocenters. The van der Waals surface area contributed by atoms with Gasteiger partial charge in [-0.15, -0.1) is 0 Å². The first-order valence-electron chi connectivity index (χ1n) is 21.4. The SMILES string of the molecule is CC(C)S(=O)(=O)Nc1ccc(F)c(Oc2ccc3ncn([C@H]4COC5(CCN(C6CC7(C6)CN(c6cc8c(cc6F)c(N6CCC(=O)NC6=O)nn8C)C7)CC5)C4)c(=O)c3c2)c1C#N. The van der Waals surface area contributed by atoms with Gasteiger partial charge in [-0.2, -0.15) is 10.4 Å². The van der Waals surface area contributed by atoms with Crippen LogP contribution in [0.2, 0.25) is 0 Å². The number of hydrogen-bond donors (Lipinski definition) is 2. The number of benzene rings is 3. The third-order valence-electron chi connectivity index (χ3n) is 13.8. The van der Waals surface area contributed by atoms with Gasteiger partial charge in [-0.3, -0.25) is 33.8 Å². The van der Waals surface area contributed by atoms with Gasteiger partial charge in [0.1, 0.15) is 23.2 Å². The molecule has 4 aliphatic heterocycles. The summed E-state index contributed by atoms with van der Waals surface area (Å²) in [6.45, 7) is 6.71. The summed E-state index contributed by atoms with van der Waals surface area (Å²) < 4.78 is 73.7. The second-order valence-electron chi connectivity index (χ2n) is 18.2. The number of nitrogens with one attached hydrogen (secondary N) is 2. The maximum Gasteiger partial charge on any atom is 0.329 e. The quantitative estimate of drug-likeness (QED) is 0.194. The zero-order chi connectivity index (χ0) is 44.9. The summed E-state index contributed by atoms with van der Waals surface area (Å²) in [5.74, 6) is -1.68. The minimum Gasteiger partial charge on any atom is -0.453 e. The number of nitrogens with zero attached hydrogens (tertiary/aromatic N) is 8. The number of amides is 3. The Kier molecular flexibility index (Phi) is 9.95. The van der Waals surface area contributed by atoms with Crippen molar-refractivity contribution in [1.82, 2.24) is 29.5 Å². The highest BCUT2D eigenvalue weighted by Crippen LogP contribution is 2.53. The second-order valence-corrected chi connectivity index (χ2v) is 20.4. The fourth-order valence-electron chi connectivity index (χ4n) is 10.2. The lowest BCUT2D eigenvalue weighted by Crippen LogP contribution is -2.67. The third kappa shape index (κ3) is 7.09. The monoisotopic (exact) mass is 896 g/mol. The maximum absolute atomic E-state index is 15.7. The van der Waals surface area contributed by atoms with Crippen molar-refractivity contribution in [2.24, 2.45) is 12.5 Å². The number of likely N-dealkylation sites (tertiary alicyclic amines) is 1. The summed E-state index contributed by atoms with van der Waals surface area (Å²) in [4.78, 5) is 48.7. The second kappa shape index (κ2) is 15.2. The van der Waals surface area contributed by atoms with Crippen LogP contribution in [-0.4, -0.2) is 101 Å². The lowest BCUT2D eigenvalue weighted by atomic mass is 9.59. The molecule has 2 spiro atoms. The number of anilines is 3. The summed E-state index contributed by atoms with van der Waals surface area (Å²) >= 11 is 0. The number of carbonyl (C=O) groups is 2. The van der Waals surface area contributed by atoms with Gasteiger partial charge < -0.3 is 19.3 Å². The molecule has 3 aromatic carbocycles. The predicted molar refractivity (Wildman–Crippen MR) is 232 cm³/mol. The highest BCUT2D eigenvalue weighted by atomic mass is 32.2. The van der Waals surface area contributed by atoms with E-state index in [4.69, 9.17) is 9.47 Å². The predicted octanol–water partition coefficient (Wildman–Crippen LogP) is 5.29. The van der Waals surface area contributed by atoms with Crippen molar-refractivity contribution >= 4 is 61.0 Å². The van der Waals surface area contributed by atoms with Crippen molar-refractivity contribution in [3.05, 3.63) is 76.3 Å². The molecule has 10 rings (SSSR count). The molecule has 2 N–H and O–H groups in total. The van der Waals surface area contributed by atoms with E-state index < -0.39 is 32.9 Å². The van der Waals surface area contributed by atoms with Gasteiger partial charge in [-0.25, -0.2) is 27.0 Å². The molecule has 1 atom stereocenters. The largest absolute Gasteiger partial charge is 0.453 e. The molecule has 5 fully saturated rings. The molecular weight excluding hydrogens is 851 g/mol. The van der Waals surface area contributed by atoms with E-state index in [0.717, 1.165) is 64.0 Å². The van der Waals surface area contributed by atoms with Gasteiger partial charge in [0.25, 0.3) is 5.56 Å². The van der Waals surface area contributed by atoms with E-state index in [1.807, 2.05) is 6.07 Å². The number of ether oxygens (including phenoxy) is 2. The average molecular weight is 897 g/mol. The molecule has 6 heterocycles. The lowest BCUT2D eigenvalue weighted by Gasteiger charge is -2.62. The number of aromatic nitrogens is 4.